The third-order valence-electron chi connectivity index (χ3n) is 11.8. The average molecular weight is 537 g/mol. The molecule has 0 aromatic heterocycles. The first-order valence-electron chi connectivity index (χ1n) is 16.0. The first-order valence-corrected chi connectivity index (χ1v) is 16.0. The lowest BCUT2D eigenvalue weighted by molar-refractivity contribution is -0.190. The topological polar surface area (TPSA) is 58.2 Å². The van der Waals surface area contributed by atoms with Crippen molar-refractivity contribution in [2.75, 3.05) is 0 Å². The van der Waals surface area contributed by atoms with Crippen molar-refractivity contribution < 1.29 is 22.8 Å². The zero-order valence-corrected chi connectivity index (χ0v) is 22.8. The normalized spacial score (nSPS) is 44.7. The van der Waals surface area contributed by atoms with Gasteiger partial charge >= 0.3 is 6.18 Å². The van der Waals surface area contributed by atoms with Crippen molar-refractivity contribution in [1.29, 1.82) is 0 Å². The molecule has 10 atom stereocenters. The molecule has 6 saturated carbocycles. The summed E-state index contributed by atoms with van der Waals surface area (Å²) in [5, 5.41) is 7.65. The van der Waals surface area contributed by atoms with Crippen molar-refractivity contribution in [1.82, 2.24) is 10.6 Å². The smallest absolute Gasteiger partial charge is 0.310 e. The van der Waals surface area contributed by atoms with E-state index >= 15 is 0 Å². The van der Waals surface area contributed by atoms with Gasteiger partial charge in [0.2, 0.25) is 0 Å². The Kier molecular flexibility index (Phi) is 7.98. The minimum Gasteiger partial charge on any atom is -0.310 e. The van der Waals surface area contributed by atoms with Crippen molar-refractivity contribution in [2.45, 2.75) is 139 Å². The van der Waals surface area contributed by atoms with Crippen LogP contribution in [0.3, 0.4) is 0 Å². The average Bonchev–Trinajstić information content (AvgIpc) is 2.91. The summed E-state index contributed by atoms with van der Waals surface area (Å²) in [7, 11) is 0. The monoisotopic (exact) mass is 536 g/mol. The van der Waals surface area contributed by atoms with Crippen LogP contribution in [0.25, 0.3) is 0 Å². The Morgan fingerprint density at radius 1 is 0.553 bits per heavy atom. The first kappa shape index (κ1) is 27.2. The van der Waals surface area contributed by atoms with Crippen LogP contribution in [-0.2, 0) is 9.59 Å². The van der Waals surface area contributed by atoms with Crippen molar-refractivity contribution >= 4 is 11.6 Å². The van der Waals surface area contributed by atoms with Gasteiger partial charge in [-0.1, -0.05) is 32.1 Å². The Morgan fingerprint density at radius 2 is 1.13 bits per heavy atom. The standard InChI is InChI=1S/C31H47F3N2O2/c32-31(33,34)20-14-12-18-13-15-22(17-19(18)16-20)36-26-11-5-9-24-28(26)30(38)23-8-4-10-25(27(23)29(24)37)35-21-6-2-1-3-7-21/h18-28,35-36H,1-17H2. The van der Waals surface area contributed by atoms with Gasteiger partial charge in [0.1, 0.15) is 11.6 Å². The molecule has 6 aliphatic rings. The Morgan fingerprint density at radius 3 is 1.74 bits per heavy atom. The Balaban J connectivity index is 1.13. The van der Waals surface area contributed by atoms with Crippen LogP contribution in [0, 0.1) is 41.4 Å². The number of carbonyl (C=O) groups excluding carboxylic acids is 2. The van der Waals surface area contributed by atoms with E-state index in [1.807, 2.05) is 0 Å². The zero-order valence-electron chi connectivity index (χ0n) is 22.8. The van der Waals surface area contributed by atoms with Gasteiger partial charge < -0.3 is 10.6 Å². The molecule has 6 rings (SSSR count). The molecule has 0 saturated heterocycles. The van der Waals surface area contributed by atoms with E-state index in [2.05, 4.69) is 10.6 Å². The predicted molar refractivity (Wildman–Crippen MR) is 140 cm³/mol. The van der Waals surface area contributed by atoms with Crippen molar-refractivity contribution in [3.05, 3.63) is 0 Å². The predicted octanol–water partition coefficient (Wildman–Crippen LogP) is 6.37. The molecule has 0 radical (unpaired) electrons. The lowest BCUT2D eigenvalue weighted by Gasteiger charge is -2.51. The highest BCUT2D eigenvalue weighted by Gasteiger charge is 2.56. The van der Waals surface area contributed by atoms with Crippen molar-refractivity contribution in [3.63, 3.8) is 0 Å². The summed E-state index contributed by atoms with van der Waals surface area (Å²) in [5.74, 6) is -0.685. The second-order valence-electron chi connectivity index (χ2n) is 13.9. The minimum absolute atomic E-state index is 0.00128. The lowest BCUT2D eigenvalue weighted by Crippen LogP contribution is -2.63. The quantitative estimate of drug-likeness (QED) is 0.439. The molecule has 0 heterocycles. The number of hydrogen-bond donors (Lipinski definition) is 2. The number of carbonyl (C=O) groups is 2. The number of rotatable bonds is 4. The lowest BCUT2D eigenvalue weighted by atomic mass is 9.56. The van der Waals surface area contributed by atoms with Crippen LogP contribution in [0.4, 0.5) is 13.2 Å². The summed E-state index contributed by atoms with van der Waals surface area (Å²) < 4.78 is 40.3. The third kappa shape index (κ3) is 5.36. The molecule has 214 valence electrons. The Labute approximate surface area is 226 Å². The van der Waals surface area contributed by atoms with E-state index in [4.69, 9.17) is 0 Å². The highest BCUT2D eigenvalue weighted by molar-refractivity contribution is 6.00. The molecule has 0 spiro atoms. The number of hydrogen-bond acceptors (Lipinski definition) is 4. The van der Waals surface area contributed by atoms with Crippen LogP contribution in [-0.4, -0.2) is 41.9 Å². The molecule has 0 aromatic rings. The molecule has 0 aliphatic heterocycles. The van der Waals surface area contributed by atoms with Crippen molar-refractivity contribution in [2.24, 2.45) is 41.4 Å². The van der Waals surface area contributed by atoms with Gasteiger partial charge in [-0.15, -0.1) is 0 Å². The van der Waals surface area contributed by atoms with E-state index in [9.17, 15) is 22.8 Å². The van der Waals surface area contributed by atoms with Gasteiger partial charge in [0.25, 0.3) is 0 Å². The molecule has 6 fully saturated rings. The second-order valence-corrected chi connectivity index (χ2v) is 13.9. The Bertz CT molecular complexity index is 872. The fraction of sp³-hybridized carbons (Fsp3) is 0.935. The maximum atomic E-state index is 14.1. The molecule has 2 N–H and O–H groups in total. The zero-order chi connectivity index (χ0) is 26.4. The molecule has 38 heavy (non-hydrogen) atoms. The first-order chi connectivity index (χ1) is 18.3. The van der Waals surface area contributed by atoms with Gasteiger partial charge in [-0.05, 0) is 88.9 Å². The molecular weight excluding hydrogens is 489 g/mol. The molecular formula is C31H47F3N2O2. The van der Waals surface area contributed by atoms with E-state index in [0.717, 1.165) is 57.8 Å². The number of halogens is 3. The minimum atomic E-state index is -4.09. The summed E-state index contributed by atoms with van der Waals surface area (Å²) in [5.41, 5.74) is 0. The molecule has 0 amide bonds. The molecule has 0 aromatic carbocycles. The number of Topliss-reactive ketones (excluding diaryl/α,β-unsaturated/α-hetero) is 2. The summed E-state index contributed by atoms with van der Waals surface area (Å²) in [6.07, 6.45) is 11.6. The van der Waals surface area contributed by atoms with Crippen LogP contribution in [0.1, 0.15) is 109 Å². The van der Waals surface area contributed by atoms with Crippen LogP contribution >= 0.6 is 0 Å². The number of ketones is 2. The van der Waals surface area contributed by atoms with Gasteiger partial charge in [-0.25, -0.2) is 0 Å². The largest absolute Gasteiger partial charge is 0.391 e. The summed E-state index contributed by atoms with van der Waals surface area (Å²) in [6.45, 7) is 0. The molecule has 10 unspecified atom stereocenters. The molecule has 4 nitrogen and oxygen atoms in total. The molecule has 0 bridgehead atoms. The van der Waals surface area contributed by atoms with E-state index < -0.39 is 12.1 Å². The van der Waals surface area contributed by atoms with E-state index in [1.165, 1.54) is 32.1 Å². The van der Waals surface area contributed by atoms with Crippen LogP contribution in [0.2, 0.25) is 0 Å². The number of alkyl halides is 3. The maximum Gasteiger partial charge on any atom is 0.391 e. The SMILES string of the molecule is O=C1C2CCCC(NC3CCC4CCC(C(F)(F)F)CC4C3)C2C(=O)C2CCCC(NC3CCCCC3)C12. The maximum absolute atomic E-state index is 14.1. The Hall–Kier alpha value is -0.950. The summed E-state index contributed by atoms with van der Waals surface area (Å²) >= 11 is 0. The van der Waals surface area contributed by atoms with E-state index in [1.54, 1.807) is 0 Å². The summed E-state index contributed by atoms with van der Waals surface area (Å²) in [6, 6.07) is 0.799. The van der Waals surface area contributed by atoms with E-state index in [0.29, 0.717) is 29.9 Å². The third-order valence-corrected chi connectivity index (χ3v) is 11.8. The van der Waals surface area contributed by atoms with Crippen LogP contribution < -0.4 is 10.6 Å². The van der Waals surface area contributed by atoms with Gasteiger partial charge in [-0.3, -0.25) is 9.59 Å². The molecule has 7 heteroatoms. The van der Waals surface area contributed by atoms with Crippen molar-refractivity contribution in [3.8, 4) is 0 Å². The van der Waals surface area contributed by atoms with Gasteiger partial charge in [0.15, 0.2) is 0 Å². The molecule has 6 aliphatic carbocycles. The van der Waals surface area contributed by atoms with Gasteiger partial charge in [0, 0.05) is 47.8 Å². The van der Waals surface area contributed by atoms with Gasteiger partial charge in [0.05, 0.1) is 5.92 Å². The van der Waals surface area contributed by atoms with Gasteiger partial charge in [-0.2, -0.15) is 13.2 Å². The van der Waals surface area contributed by atoms with Crippen LogP contribution in [0.5, 0.6) is 0 Å². The van der Waals surface area contributed by atoms with E-state index in [-0.39, 0.29) is 60.6 Å². The highest BCUT2D eigenvalue weighted by Crippen LogP contribution is 2.49. The number of nitrogens with one attached hydrogen (secondary N) is 2. The highest BCUT2D eigenvalue weighted by atomic mass is 19.4. The fourth-order valence-electron chi connectivity index (χ4n) is 9.91. The second kappa shape index (κ2) is 11.1. The summed E-state index contributed by atoms with van der Waals surface area (Å²) in [4.78, 5) is 28.1. The van der Waals surface area contributed by atoms with Crippen LogP contribution in [0.15, 0.2) is 0 Å². The fourth-order valence-corrected chi connectivity index (χ4v) is 9.91. The number of fused-ring (bicyclic) bond motifs is 3.